The molecule has 0 atom stereocenters. The SMILES string of the molecule is CCC1CCN(Cc2cncnc2C)CC1. The Bertz CT molecular complexity index is 330. The topological polar surface area (TPSA) is 29.0 Å². The van der Waals surface area contributed by atoms with Crippen molar-refractivity contribution in [2.45, 2.75) is 39.7 Å². The molecule has 2 heterocycles. The van der Waals surface area contributed by atoms with Gasteiger partial charge in [-0.05, 0) is 38.8 Å². The Morgan fingerprint density at radius 3 is 2.75 bits per heavy atom. The molecule has 1 aromatic rings. The highest BCUT2D eigenvalue weighted by atomic mass is 15.1. The van der Waals surface area contributed by atoms with Gasteiger partial charge >= 0.3 is 0 Å². The van der Waals surface area contributed by atoms with E-state index in [9.17, 15) is 0 Å². The second kappa shape index (κ2) is 5.39. The average molecular weight is 219 g/mol. The van der Waals surface area contributed by atoms with Crippen LogP contribution in [0.1, 0.15) is 37.4 Å². The quantitative estimate of drug-likeness (QED) is 0.781. The maximum atomic E-state index is 4.24. The standard InChI is InChI=1S/C13H21N3/c1-3-12-4-6-16(7-5-12)9-13-8-14-10-15-11(13)2/h8,10,12H,3-7,9H2,1-2H3. The van der Waals surface area contributed by atoms with Crippen LogP contribution >= 0.6 is 0 Å². The van der Waals surface area contributed by atoms with E-state index in [0.29, 0.717) is 0 Å². The van der Waals surface area contributed by atoms with Gasteiger partial charge in [-0.2, -0.15) is 0 Å². The fourth-order valence-electron chi connectivity index (χ4n) is 2.37. The van der Waals surface area contributed by atoms with Gasteiger partial charge in [-0.15, -0.1) is 0 Å². The molecule has 0 saturated carbocycles. The van der Waals surface area contributed by atoms with Gasteiger partial charge in [0.2, 0.25) is 0 Å². The second-order valence-electron chi connectivity index (χ2n) is 4.76. The zero-order chi connectivity index (χ0) is 11.4. The zero-order valence-electron chi connectivity index (χ0n) is 10.3. The Hall–Kier alpha value is -0.960. The Balaban J connectivity index is 1.89. The van der Waals surface area contributed by atoms with Crippen molar-refractivity contribution in [3.63, 3.8) is 0 Å². The average Bonchev–Trinajstić information content (AvgIpc) is 2.33. The van der Waals surface area contributed by atoms with E-state index in [4.69, 9.17) is 0 Å². The maximum Gasteiger partial charge on any atom is 0.115 e. The molecule has 0 bridgehead atoms. The number of rotatable bonds is 3. The largest absolute Gasteiger partial charge is 0.299 e. The highest BCUT2D eigenvalue weighted by Crippen LogP contribution is 2.21. The molecule has 1 fully saturated rings. The van der Waals surface area contributed by atoms with Gasteiger partial charge in [0.05, 0.1) is 0 Å². The molecule has 0 aromatic carbocycles. The summed E-state index contributed by atoms with van der Waals surface area (Å²) in [6.45, 7) is 7.84. The summed E-state index contributed by atoms with van der Waals surface area (Å²) in [7, 11) is 0. The van der Waals surface area contributed by atoms with Crippen molar-refractivity contribution in [2.24, 2.45) is 5.92 Å². The summed E-state index contributed by atoms with van der Waals surface area (Å²) < 4.78 is 0. The molecule has 0 N–H and O–H groups in total. The molecule has 0 unspecified atom stereocenters. The first-order valence-electron chi connectivity index (χ1n) is 6.27. The van der Waals surface area contributed by atoms with Crippen LogP contribution in [0.5, 0.6) is 0 Å². The van der Waals surface area contributed by atoms with Crippen LogP contribution in [0, 0.1) is 12.8 Å². The molecule has 0 aliphatic carbocycles. The summed E-state index contributed by atoms with van der Waals surface area (Å²) >= 11 is 0. The third kappa shape index (κ3) is 2.79. The lowest BCUT2D eigenvalue weighted by Gasteiger charge is -2.31. The minimum Gasteiger partial charge on any atom is -0.299 e. The second-order valence-corrected chi connectivity index (χ2v) is 4.76. The lowest BCUT2D eigenvalue weighted by molar-refractivity contribution is 0.174. The van der Waals surface area contributed by atoms with Crippen molar-refractivity contribution in [1.82, 2.24) is 14.9 Å². The summed E-state index contributed by atoms with van der Waals surface area (Å²) in [5, 5.41) is 0. The molecule has 0 amide bonds. The highest BCUT2D eigenvalue weighted by Gasteiger charge is 2.18. The zero-order valence-corrected chi connectivity index (χ0v) is 10.3. The van der Waals surface area contributed by atoms with Crippen LogP contribution in [0.2, 0.25) is 0 Å². The van der Waals surface area contributed by atoms with Crippen molar-refractivity contribution >= 4 is 0 Å². The van der Waals surface area contributed by atoms with Crippen molar-refractivity contribution in [1.29, 1.82) is 0 Å². The predicted molar refractivity (Wildman–Crippen MR) is 65.1 cm³/mol. The predicted octanol–water partition coefficient (Wildman–Crippen LogP) is 2.41. The molecule has 1 aliphatic rings. The monoisotopic (exact) mass is 219 g/mol. The molecule has 3 nitrogen and oxygen atoms in total. The number of piperidine rings is 1. The molecular weight excluding hydrogens is 198 g/mol. The van der Waals surface area contributed by atoms with Crippen LogP contribution in [0.25, 0.3) is 0 Å². The van der Waals surface area contributed by atoms with Crippen LogP contribution < -0.4 is 0 Å². The Morgan fingerprint density at radius 1 is 1.38 bits per heavy atom. The van der Waals surface area contributed by atoms with E-state index in [1.54, 1.807) is 6.33 Å². The van der Waals surface area contributed by atoms with E-state index in [2.05, 4.69) is 28.7 Å². The number of nitrogens with zero attached hydrogens (tertiary/aromatic N) is 3. The van der Waals surface area contributed by atoms with Crippen LogP contribution in [0.4, 0.5) is 0 Å². The molecule has 1 saturated heterocycles. The lowest BCUT2D eigenvalue weighted by Crippen LogP contribution is -2.33. The third-order valence-electron chi connectivity index (χ3n) is 3.69. The number of aryl methyl sites for hydroxylation is 1. The van der Waals surface area contributed by atoms with Crippen molar-refractivity contribution in [3.05, 3.63) is 23.8 Å². The molecule has 88 valence electrons. The first-order valence-corrected chi connectivity index (χ1v) is 6.27. The third-order valence-corrected chi connectivity index (χ3v) is 3.69. The van der Waals surface area contributed by atoms with Gasteiger partial charge in [-0.25, -0.2) is 9.97 Å². The van der Waals surface area contributed by atoms with Gasteiger partial charge < -0.3 is 0 Å². The summed E-state index contributed by atoms with van der Waals surface area (Å²) in [5.74, 6) is 0.948. The number of hydrogen-bond donors (Lipinski definition) is 0. The van der Waals surface area contributed by atoms with Crippen LogP contribution in [-0.4, -0.2) is 28.0 Å². The van der Waals surface area contributed by atoms with Crippen molar-refractivity contribution in [3.8, 4) is 0 Å². The van der Waals surface area contributed by atoms with Crippen LogP contribution in [0.3, 0.4) is 0 Å². The normalized spacial score (nSPS) is 18.9. The Morgan fingerprint density at radius 2 is 2.12 bits per heavy atom. The molecule has 3 heteroatoms. The Labute approximate surface area is 97.9 Å². The van der Waals surface area contributed by atoms with E-state index >= 15 is 0 Å². The van der Waals surface area contributed by atoms with Crippen LogP contribution in [-0.2, 0) is 6.54 Å². The highest BCUT2D eigenvalue weighted by molar-refractivity contribution is 5.13. The van der Waals surface area contributed by atoms with Crippen molar-refractivity contribution in [2.75, 3.05) is 13.1 Å². The molecule has 2 rings (SSSR count). The lowest BCUT2D eigenvalue weighted by atomic mass is 9.94. The van der Waals surface area contributed by atoms with E-state index < -0.39 is 0 Å². The van der Waals surface area contributed by atoms with Gasteiger partial charge in [-0.1, -0.05) is 13.3 Å². The van der Waals surface area contributed by atoms with E-state index in [1.165, 1.54) is 37.9 Å². The first-order chi connectivity index (χ1) is 7.79. The summed E-state index contributed by atoms with van der Waals surface area (Å²) in [6.07, 6.45) is 7.62. The number of hydrogen-bond acceptors (Lipinski definition) is 3. The van der Waals surface area contributed by atoms with Gasteiger partial charge in [-0.3, -0.25) is 4.90 Å². The molecule has 1 aliphatic heterocycles. The molecule has 16 heavy (non-hydrogen) atoms. The summed E-state index contributed by atoms with van der Waals surface area (Å²) in [5.41, 5.74) is 2.39. The Kier molecular flexibility index (Phi) is 3.88. The van der Waals surface area contributed by atoms with Gasteiger partial charge in [0, 0.05) is 24.0 Å². The van der Waals surface area contributed by atoms with E-state index in [1.807, 2.05) is 6.20 Å². The van der Waals surface area contributed by atoms with Crippen molar-refractivity contribution < 1.29 is 0 Å². The minimum absolute atomic E-state index is 0.948. The summed E-state index contributed by atoms with van der Waals surface area (Å²) in [4.78, 5) is 10.9. The molecular formula is C13H21N3. The minimum atomic E-state index is 0.948. The van der Waals surface area contributed by atoms with E-state index in [-0.39, 0.29) is 0 Å². The summed E-state index contributed by atoms with van der Waals surface area (Å²) in [6, 6.07) is 0. The van der Waals surface area contributed by atoms with Gasteiger partial charge in [0.25, 0.3) is 0 Å². The molecule has 1 aromatic heterocycles. The van der Waals surface area contributed by atoms with Gasteiger partial charge in [0.1, 0.15) is 6.33 Å². The van der Waals surface area contributed by atoms with Gasteiger partial charge in [0.15, 0.2) is 0 Å². The maximum absolute atomic E-state index is 4.24. The number of aromatic nitrogens is 2. The van der Waals surface area contributed by atoms with E-state index in [0.717, 1.165) is 18.2 Å². The number of likely N-dealkylation sites (tertiary alicyclic amines) is 1. The van der Waals surface area contributed by atoms with Crippen LogP contribution in [0.15, 0.2) is 12.5 Å². The smallest absolute Gasteiger partial charge is 0.115 e. The molecule has 0 spiro atoms. The first kappa shape index (κ1) is 11.5. The fourth-order valence-corrected chi connectivity index (χ4v) is 2.37. The fraction of sp³-hybridized carbons (Fsp3) is 0.692. The molecule has 0 radical (unpaired) electrons.